The number of ether oxygens (including phenoxy) is 1. The molecule has 5 aromatic rings. The largest absolute Gasteiger partial charge is 0.490 e. The van der Waals surface area contributed by atoms with E-state index in [0.29, 0.717) is 12.3 Å². The molecule has 5 heteroatoms. The first-order chi connectivity index (χ1) is 21.2. The molecule has 2 heterocycles. The van der Waals surface area contributed by atoms with Crippen molar-refractivity contribution in [2.24, 2.45) is 0 Å². The van der Waals surface area contributed by atoms with Gasteiger partial charge < -0.3 is 14.4 Å². The van der Waals surface area contributed by atoms with Crippen LogP contribution in [0.3, 0.4) is 0 Å². The lowest BCUT2D eigenvalue weighted by atomic mass is 9.88. The van der Waals surface area contributed by atoms with Crippen molar-refractivity contribution in [1.82, 2.24) is 10.1 Å². The first-order valence-corrected chi connectivity index (χ1v) is 14.9. The summed E-state index contributed by atoms with van der Waals surface area (Å²) in [5, 5.41) is 15.1. The minimum Gasteiger partial charge on any atom is -0.490 e. The van der Waals surface area contributed by atoms with Gasteiger partial charge in [-0.05, 0) is 47.8 Å². The first-order valence-electron chi connectivity index (χ1n) is 14.9. The van der Waals surface area contributed by atoms with Crippen molar-refractivity contribution in [2.75, 3.05) is 26.2 Å². The van der Waals surface area contributed by atoms with E-state index in [1.165, 1.54) is 22.3 Å². The summed E-state index contributed by atoms with van der Waals surface area (Å²) in [7, 11) is 0. The van der Waals surface area contributed by atoms with Crippen LogP contribution >= 0.6 is 0 Å². The molecule has 1 aliphatic heterocycles. The van der Waals surface area contributed by atoms with Crippen LogP contribution in [0.1, 0.15) is 35.3 Å². The Balaban J connectivity index is 1.05. The van der Waals surface area contributed by atoms with Gasteiger partial charge in [-0.3, -0.25) is 4.90 Å². The summed E-state index contributed by atoms with van der Waals surface area (Å²) in [6, 6.07) is 41.0. The van der Waals surface area contributed by atoms with Crippen molar-refractivity contribution in [3.8, 4) is 17.0 Å². The van der Waals surface area contributed by atoms with E-state index in [1.807, 2.05) is 72.8 Å². The quantitative estimate of drug-likeness (QED) is 0.186. The molecular weight excluding hydrogens is 532 g/mol. The molecule has 1 unspecified atom stereocenters. The third-order valence-corrected chi connectivity index (χ3v) is 7.78. The third-order valence-electron chi connectivity index (χ3n) is 7.78. The first kappa shape index (κ1) is 28.4. The van der Waals surface area contributed by atoms with E-state index >= 15 is 0 Å². The average molecular weight is 569 g/mol. The molecule has 216 valence electrons. The normalized spacial score (nSPS) is 14.6. The molecule has 1 aromatic heterocycles. The van der Waals surface area contributed by atoms with E-state index in [4.69, 9.17) is 9.26 Å². The summed E-state index contributed by atoms with van der Waals surface area (Å²) in [5.74, 6) is 1.38. The minimum absolute atomic E-state index is 0.226. The molecule has 0 bridgehead atoms. The van der Waals surface area contributed by atoms with E-state index in [1.54, 1.807) is 0 Å². The van der Waals surface area contributed by atoms with Crippen molar-refractivity contribution in [1.29, 1.82) is 0 Å². The van der Waals surface area contributed by atoms with Gasteiger partial charge in [-0.1, -0.05) is 120 Å². The number of aliphatic hydroxyl groups is 1. The van der Waals surface area contributed by atoms with Crippen LogP contribution in [-0.2, 0) is 0 Å². The fraction of sp³-hybridized carbons (Fsp3) is 0.184. The highest BCUT2D eigenvalue weighted by molar-refractivity contribution is 5.82. The van der Waals surface area contributed by atoms with Crippen molar-refractivity contribution in [2.45, 2.75) is 18.9 Å². The van der Waals surface area contributed by atoms with Crippen LogP contribution < -0.4 is 4.74 Å². The number of likely N-dealkylation sites (tertiary alicyclic amines) is 1. The summed E-state index contributed by atoms with van der Waals surface area (Å²) < 4.78 is 11.6. The zero-order chi connectivity index (χ0) is 29.3. The van der Waals surface area contributed by atoms with Crippen molar-refractivity contribution >= 4 is 17.7 Å². The van der Waals surface area contributed by atoms with Gasteiger partial charge in [0.15, 0.2) is 5.76 Å². The Morgan fingerprint density at radius 3 is 2.07 bits per heavy atom. The Kier molecular flexibility index (Phi) is 9.23. The third kappa shape index (κ3) is 7.39. The second-order valence-electron chi connectivity index (χ2n) is 10.8. The molecule has 1 N–H and O–H groups in total. The van der Waals surface area contributed by atoms with E-state index in [2.05, 4.69) is 70.7 Å². The summed E-state index contributed by atoms with van der Waals surface area (Å²) in [6.45, 7) is 2.63. The van der Waals surface area contributed by atoms with Crippen LogP contribution in [0.15, 0.2) is 131 Å². The molecule has 43 heavy (non-hydrogen) atoms. The molecule has 1 fully saturated rings. The SMILES string of the molecule is OC(COc1ccccc1/C=C/c1cc(-c2ccccc2)no1)CN1CCC(=C(c2ccccc2)c2ccccc2)CC1. The summed E-state index contributed by atoms with van der Waals surface area (Å²) in [5.41, 5.74) is 8.06. The Labute approximate surface area is 253 Å². The van der Waals surface area contributed by atoms with Gasteiger partial charge in [-0.15, -0.1) is 0 Å². The van der Waals surface area contributed by atoms with Gasteiger partial charge in [-0.2, -0.15) is 0 Å². The molecule has 0 radical (unpaired) electrons. The summed E-state index contributed by atoms with van der Waals surface area (Å²) in [6.07, 6.45) is 5.21. The summed E-state index contributed by atoms with van der Waals surface area (Å²) in [4.78, 5) is 2.34. The van der Waals surface area contributed by atoms with Gasteiger partial charge >= 0.3 is 0 Å². The monoisotopic (exact) mass is 568 g/mol. The van der Waals surface area contributed by atoms with E-state index in [0.717, 1.165) is 48.5 Å². The lowest BCUT2D eigenvalue weighted by molar-refractivity contribution is 0.0655. The van der Waals surface area contributed by atoms with Crippen LogP contribution in [0.2, 0.25) is 0 Å². The topological polar surface area (TPSA) is 58.7 Å². The fourth-order valence-electron chi connectivity index (χ4n) is 5.61. The highest BCUT2D eigenvalue weighted by Gasteiger charge is 2.21. The van der Waals surface area contributed by atoms with Gasteiger partial charge in [0.1, 0.15) is 24.2 Å². The van der Waals surface area contributed by atoms with Crippen LogP contribution in [0.5, 0.6) is 5.75 Å². The Hall–Kier alpha value is -4.71. The highest BCUT2D eigenvalue weighted by Crippen LogP contribution is 2.32. The number of benzene rings is 4. The van der Waals surface area contributed by atoms with Gasteiger partial charge in [-0.25, -0.2) is 0 Å². The maximum atomic E-state index is 10.9. The fourth-order valence-corrected chi connectivity index (χ4v) is 5.61. The van der Waals surface area contributed by atoms with Crippen LogP contribution in [0.4, 0.5) is 0 Å². The molecule has 4 aromatic carbocycles. The number of aromatic nitrogens is 1. The zero-order valence-corrected chi connectivity index (χ0v) is 24.2. The van der Waals surface area contributed by atoms with E-state index in [-0.39, 0.29) is 6.61 Å². The Morgan fingerprint density at radius 2 is 1.40 bits per heavy atom. The molecule has 0 aliphatic carbocycles. The molecule has 1 aliphatic rings. The number of aliphatic hydroxyl groups excluding tert-OH is 1. The van der Waals surface area contributed by atoms with Gasteiger partial charge in [0.2, 0.25) is 0 Å². The maximum absolute atomic E-state index is 10.9. The minimum atomic E-state index is -0.590. The number of rotatable bonds is 10. The predicted octanol–water partition coefficient (Wildman–Crippen LogP) is 7.85. The van der Waals surface area contributed by atoms with Gasteiger partial charge in [0, 0.05) is 36.8 Å². The molecule has 0 saturated carbocycles. The lowest BCUT2D eigenvalue weighted by Crippen LogP contribution is -2.39. The zero-order valence-electron chi connectivity index (χ0n) is 24.2. The predicted molar refractivity (Wildman–Crippen MR) is 173 cm³/mol. The van der Waals surface area contributed by atoms with Crippen LogP contribution in [0.25, 0.3) is 29.0 Å². The lowest BCUT2D eigenvalue weighted by Gasteiger charge is -2.31. The molecular formula is C38H36N2O3. The van der Waals surface area contributed by atoms with Gasteiger partial charge in [0.25, 0.3) is 0 Å². The molecule has 5 nitrogen and oxygen atoms in total. The number of nitrogens with zero attached hydrogens (tertiary/aromatic N) is 2. The van der Waals surface area contributed by atoms with Crippen molar-refractivity contribution in [3.63, 3.8) is 0 Å². The van der Waals surface area contributed by atoms with Crippen molar-refractivity contribution < 1.29 is 14.4 Å². The molecule has 6 rings (SSSR count). The average Bonchev–Trinajstić information content (AvgIpc) is 3.55. The number of hydrogen-bond acceptors (Lipinski definition) is 5. The second kappa shape index (κ2) is 14.0. The van der Waals surface area contributed by atoms with E-state index < -0.39 is 6.10 Å². The summed E-state index contributed by atoms with van der Waals surface area (Å²) >= 11 is 0. The van der Waals surface area contributed by atoms with Crippen LogP contribution in [-0.4, -0.2) is 47.5 Å². The number of β-amino-alcohol motifs (C(OH)–C–C–N with tert-alkyl or cyclic N) is 1. The van der Waals surface area contributed by atoms with Crippen LogP contribution in [0, 0.1) is 0 Å². The number of hydrogen-bond donors (Lipinski definition) is 1. The van der Waals surface area contributed by atoms with E-state index in [9.17, 15) is 5.11 Å². The molecule has 0 amide bonds. The van der Waals surface area contributed by atoms with Gasteiger partial charge in [0.05, 0.1) is 0 Å². The highest BCUT2D eigenvalue weighted by atomic mass is 16.5. The smallest absolute Gasteiger partial charge is 0.160 e. The molecule has 1 saturated heterocycles. The second-order valence-corrected chi connectivity index (χ2v) is 10.8. The number of piperidine rings is 1. The Bertz CT molecular complexity index is 1610. The molecule has 0 spiro atoms. The number of para-hydroxylation sites is 1. The Morgan fingerprint density at radius 1 is 0.791 bits per heavy atom. The standard InChI is InChI=1S/C38H36N2O3/c41-34(27-40-24-22-33(23-25-40)38(31-15-6-2-7-16-31)32-17-8-3-9-18-32)28-42-37-19-11-10-14-30(37)20-21-35-26-36(39-43-35)29-12-4-1-5-13-29/h1-21,26,34,41H,22-25,27-28H2/b21-20+. The molecule has 1 atom stereocenters. The maximum Gasteiger partial charge on any atom is 0.160 e. The van der Waals surface area contributed by atoms with Crippen molar-refractivity contribution in [3.05, 3.63) is 149 Å².